The summed E-state index contributed by atoms with van der Waals surface area (Å²) in [7, 11) is 0. The molecule has 0 unspecified atom stereocenters. The Labute approximate surface area is 87.4 Å². The SMILES string of the molecule is NCCn1cncc1-c1cccc(F)c1. The third kappa shape index (κ3) is 2.05. The minimum atomic E-state index is -0.243. The Kier molecular flexibility index (Phi) is 2.78. The summed E-state index contributed by atoms with van der Waals surface area (Å²) >= 11 is 0. The van der Waals surface area contributed by atoms with Crippen molar-refractivity contribution in [1.29, 1.82) is 0 Å². The van der Waals surface area contributed by atoms with Crippen LogP contribution in [0.4, 0.5) is 4.39 Å². The lowest BCUT2D eigenvalue weighted by atomic mass is 10.1. The van der Waals surface area contributed by atoms with Crippen molar-refractivity contribution >= 4 is 0 Å². The molecule has 78 valence electrons. The van der Waals surface area contributed by atoms with Crippen LogP contribution in [0.5, 0.6) is 0 Å². The van der Waals surface area contributed by atoms with E-state index in [1.807, 2.05) is 10.6 Å². The number of nitrogens with two attached hydrogens (primary N) is 1. The molecule has 0 fully saturated rings. The molecule has 1 aromatic heterocycles. The van der Waals surface area contributed by atoms with E-state index in [1.54, 1.807) is 18.6 Å². The van der Waals surface area contributed by atoms with Crippen molar-refractivity contribution in [3.05, 3.63) is 42.6 Å². The van der Waals surface area contributed by atoms with Gasteiger partial charge >= 0.3 is 0 Å². The summed E-state index contributed by atoms with van der Waals surface area (Å²) in [6.45, 7) is 1.23. The highest BCUT2D eigenvalue weighted by Crippen LogP contribution is 2.19. The zero-order chi connectivity index (χ0) is 10.7. The molecular formula is C11H12FN3. The molecular weight excluding hydrogens is 193 g/mol. The molecule has 4 heteroatoms. The van der Waals surface area contributed by atoms with Crippen LogP contribution in [0, 0.1) is 5.82 Å². The van der Waals surface area contributed by atoms with Crippen LogP contribution in [-0.2, 0) is 6.54 Å². The molecule has 2 rings (SSSR count). The molecule has 0 aliphatic carbocycles. The Balaban J connectivity index is 2.40. The van der Waals surface area contributed by atoms with E-state index in [4.69, 9.17) is 5.73 Å². The van der Waals surface area contributed by atoms with Gasteiger partial charge < -0.3 is 10.3 Å². The zero-order valence-corrected chi connectivity index (χ0v) is 8.23. The second-order valence-electron chi connectivity index (χ2n) is 3.27. The fourth-order valence-corrected chi connectivity index (χ4v) is 1.53. The first-order valence-electron chi connectivity index (χ1n) is 4.77. The molecule has 3 nitrogen and oxygen atoms in total. The Morgan fingerprint density at radius 2 is 2.27 bits per heavy atom. The molecule has 0 saturated carbocycles. The third-order valence-corrected chi connectivity index (χ3v) is 2.20. The highest BCUT2D eigenvalue weighted by atomic mass is 19.1. The first-order valence-corrected chi connectivity index (χ1v) is 4.77. The number of nitrogens with zero attached hydrogens (tertiary/aromatic N) is 2. The van der Waals surface area contributed by atoms with Crippen LogP contribution in [0.25, 0.3) is 11.3 Å². The maximum atomic E-state index is 13.0. The van der Waals surface area contributed by atoms with Gasteiger partial charge in [-0.25, -0.2) is 9.37 Å². The summed E-state index contributed by atoms with van der Waals surface area (Å²) in [5, 5.41) is 0. The number of rotatable bonds is 3. The van der Waals surface area contributed by atoms with Gasteiger partial charge in [0, 0.05) is 18.7 Å². The predicted octanol–water partition coefficient (Wildman–Crippen LogP) is 1.65. The van der Waals surface area contributed by atoms with Gasteiger partial charge in [0.2, 0.25) is 0 Å². The molecule has 0 aliphatic heterocycles. The van der Waals surface area contributed by atoms with Crippen molar-refractivity contribution in [2.75, 3.05) is 6.54 Å². The van der Waals surface area contributed by atoms with Crippen molar-refractivity contribution < 1.29 is 4.39 Å². The van der Waals surface area contributed by atoms with Gasteiger partial charge in [0.25, 0.3) is 0 Å². The van der Waals surface area contributed by atoms with Gasteiger partial charge in [0.05, 0.1) is 18.2 Å². The van der Waals surface area contributed by atoms with Gasteiger partial charge in [-0.05, 0) is 12.1 Å². The molecule has 2 N–H and O–H groups in total. The van der Waals surface area contributed by atoms with Crippen LogP contribution in [0.2, 0.25) is 0 Å². The lowest BCUT2D eigenvalue weighted by molar-refractivity contribution is 0.628. The van der Waals surface area contributed by atoms with E-state index < -0.39 is 0 Å². The molecule has 0 spiro atoms. The van der Waals surface area contributed by atoms with Crippen molar-refractivity contribution in [3.8, 4) is 11.3 Å². The Morgan fingerprint density at radius 3 is 3.00 bits per heavy atom. The molecule has 0 amide bonds. The quantitative estimate of drug-likeness (QED) is 0.828. The molecule has 0 radical (unpaired) electrons. The van der Waals surface area contributed by atoms with Crippen LogP contribution in [0.15, 0.2) is 36.8 Å². The van der Waals surface area contributed by atoms with Crippen LogP contribution in [-0.4, -0.2) is 16.1 Å². The highest BCUT2D eigenvalue weighted by Gasteiger charge is 2.04. The fourth-order valence-electron chi connectivity index (χ4n) is 1.53. The van der Waals surface area contributed by atoms with Crippen molar-refractivity contribution in [2.45, 2.75) is 6.54 Å². The van der Waals surface area contributed by atoms with E-state index in [9.17, 15) is 4.39 Å². The molecule has 1 aromatic carbocycles. The van der Waals surface area contributed by atoms with Crippen molar-refractivity contribution in [2.24, 2.45) is 5.73 Å². The summed E-state index contributed by atoms with van der Waals surface area (Å²) in [4.78, 5) is 4.03. The average Bonchev–Trinajstić information content (AvgIpc) is 2.66. The first kappa shape index (κ1) is 9.86. The smallest absolute Gasteiger partial charge is 0.123 e. The number of imidazole rings is 1. The van der Waals surface area contributed by atoms with Gasteiger partial charge in [-0.15, -0.1) is 0 Å². The van der Waals surface area contributed by atoms with E-state index in [0.29, 0.717) is 13.1 Å². The third-order valence-electron chi connectivity index (χ3n) is 2.20. The van der Waals surface area contributed by atoms with Crippen LogP contribution < -0.4 is 5.73 Å². The van der Waals surface area contributed by atoms with Gasteiger partial charge in [0.1, 0.15) is 5.82 Å². The lowest BCUT2D eigenvalue weighted by Gasteiger charge is -2.06. The molecule has 0 atom stereocenters. The molecule has 0 bridgehead atoms. The number of aromatic nitrogens is 2. The topological polar surface area (TPSA) is 43.8 Å². The van der Waals surface area contributed by atoms with Gasteiger partial charge in [-0.1, -0.05) is 12.1 Å². The maximum Gasteiger partial charge on any atom is 0.123 e. The minimum Gasteiger partial charge on any atom is -0.329 e. The number of hydrogen-bond donors (Lipinski definition) is 1. The second kappa shape index (κ2) is 4.23. The summed E-state index contributed by atoms with van der Waals surface area (Å²) in [6, 6.07) is 6.45. The van der Waals surface area contributed by atoms with E-state index in [0.717, 1.165) is 11.3 Å². The molecule has 0 saturated heterocycles. The summed E-state index contributed by atoms with van der Waals surface area (Å²) < 4.78 is 14.9. The average molecular weight is 205 g/mol. The highest BCUT2D eigenvalue weighted by molar-refractivity contribution is 5.58. The summed E-state index contributed by atoms with van der Waals surface area (Å²) in [5.41, 5.74) is 7.18. The van der Waals surface area contributed by atoms with E-state index in [-0.39, 0.29) is 5.82 Å². The van der Waals surface area contributed by atoms with Crippen LogP contribution in [0.3, 0.4) is 0 Å². The van der Waals surface area contributed by atoms with Crippen LogP contribution in [0.1, 0.15) is 0 Å². The fraction of sp³-hybridized carbons (Fsp3) is 0.182. The monoisotopic (exact) mass is 205 g/mol. The predicted molar refractivity (Wildman–Crippen MR) is 56.7 cm³/mol. The molecule has 2 aromatic rings. The van der Waals surface area contributed by atoms with Gasteiger partial charge in [0.15, 0.2) is 0 Å². The molecule has 0 aliphatic rings. The minimum absolute atomic E-state index is 0.243. The van der Waals surface area contributed by atoms with Gasteiger partial charge in [-0.3, -0.25) is 0 Å². The van der Waals surface area contributed by atoms with Crippen molar-refractivity contribution in [3.63, 3.8) is 0 Å². The Hall–Kier alpha value is -1.68. The maximum absolute atomic E-state index is 13.0. The Morgan fingerprint density at radius 1 is 1.40 bits per heavy atom. The van der Waals surface area contributed by atoms with Crippen LogP contribution >= 0.6 is 0 Å². The van der Waals surface area contributed by atoms with E-state index in [1.165, 1.54) is 12.1 Å². The lowest BCUT2D eigenvalue weighted by Crippen LogP contribution is -2.09. The number of benzene rings is 1. The number of halogens is 1. The number of hydrogen-bond acceptors (Lipinski definition) is 2. The zero-order valence-electron chi connectivity index (χ0n) is 8.23. The molecule has 1 heterocycles. The van der Waals surface area contributed by atoms with Crippen molar-refractivity contribution in [1.82, 2.24) is 9.55 Å². The first-order chi connectivity index (χ1) is 7.31. The Bertz CT molecular complexity index is 451. The second-order valence-corrected chi connectivity index (χ2v) is 3.27. The van der Waals surface area contributed by atoms with Gasteiger partial charge in [-0.2, -0.15) is 0 Å². The summed E-state index contributed by atoms with van der Waals surface area (Å²) in [5.74, 6) is -0.243. The van der Waals surface area contributed by atoms with E-state index >= 15 is 0 Å². The molecule has 15 heavy (non-hydrogen) atoms. The van der Waals surface area contributed by atoms with E-state index in [2.05, 4.69) is 4.98 Å². The normalized spacial score (nSPS) is 10.5. The standard InChI is InChI=1S/C11H12FN3/c12-10-3-1-2-9(6-10)11-7-14-8-15(11)5-4-13/h1-3,6-8H,4-5,13H2. The largest absolute Gasteiger partial charge is 0.329 e. The summed E-state index contributed by atoms with van der Waals surface area (Å²) in [6.07, 6.45) is 3.41.